The van der Waals surface area contributed by atoms with Gasteiger partial charge in [-0.15, -0.1) is 0 Å². The van der Waals surface area contributed by atoms with Crippen molar-refractivity contribution in [2.24, 2.45) is 0 Å². The molecule has 1 saturated heterocycles. The number of aryl methyl sites for hydroxylation is 1. The van der Waals surface area contributed by atoms with Crippen LogP contribution in [-0.2, 0) is 4.74 Å². The Morgan fingerprint density at radius 1 is 1.26 bits per heavy atom. The Hall–Kier alpha value is -2.71. The lowest BCUT2D eigenvalue weighted by Gasteiger charge is -2.26. The molecule has 0 unspecified atom stereocenters. The Kier molecular flexibility index (Phi) is 6.56. The lowest BCUT2D eigenvalue weighted by molar-refractivity contribution is 0.0383. The fourth-order valence-electron chi connectivity index (χ4n) is 2.84. The van der Waals surface area contributed by atoms with Crippen LogP contribution in [0.25, 0.3) is 0 Å². The molecule has 2 heterocycles. The highest BCUT2D eigenvalue weighted by molar-refractivity contribution is 5.93. The van der Waals surface area contributed by atoms with Gasteiger partial charge in [-0.2, -0.15) is 0 Å². The van der Waals surface area contributed by atoms with Gasteiger partial charge in [0.05, 0.1) is 20.3 Å². The summed E-state index contributed by atoms with van der Waals surface area (Å²) in [5.41, 5.74) is 1.17. The average molecular weight is 371 g/mol. The van der Waals surface area contributed by atoms with Crippen LogP contribution in [0.2, 0.25) is 0 Å². The maximum absolute atomic E-state index is 12.5. The second-order valence-electron chi connectivity index (χ2n) is 6.25. The van der Waals surface area contributed by atoms with Crippen LogP contribution in [0.4, 0.5) is 11.5 Å². The van der Waals surface area contributed by atoms with E-state index in [-0.39, 0.29) is 5.91 Å². The van der Waals surface area contributed by atoms with E-state index in [0.29, 0.717) is 23.9 Å². The van der Waals surface area contributed by atoms with Crippen molar-refractivity contribution in [1.29, 1.82) is 0 Å². The number of nitrogens with zero attached hydrogens (tertiary/aromatic N) is 3. The van der Waals surface area contributed by atoms with Crippen LogP contribution >= 0.6 is 0 Å². The summed E-state index contributed by atoms with van der Waals surface area (Å²) in [4.78, 5) is 23.3. The van der Waals surface area contributed by atoms with Gasteiger partial charge >= 0.3 is 0 Å². The Balaban J connectivity index is 1.60. The van der Waals surface area contributed by atoms with Crippen molar-refractivity contribution in [3.63, 3.8) is 0 Å². The number of ether oxygens (including phenoxy) is 2. The van der Waals surface area contributed by atoms with Gasteiger partial charge in [-0.25, -0.2) is 9.97 Å². The third-order valence-electron chi connectivity index (χ3n) is 4.23. The molecule has 0 saturated carbocycles. The van der Waals surface area contributed by atoms with E-state index >= 15 is 0 Å². The maximum atomic E-state index is 12.5. The second kappa shape index (κ2) is 9.29. The van der Waals surface area contributed by atoms with Crippen molar-refractivity contribution in [2.75, 3.05) is 51.8 Å². The summed E-state index contributed by atoms with van der Waals surface area (Å²) in [6, 6.07) is 9.16. The van der Waals surface area contributed by atoms with Gasteiger partial charge in [-0.1, -0.05) is 6.07 Å². The minimum absolute atomic E-state index is 0.206. The molecule has 0 spiro atoms. The van der Waals surface area contributed by atoms with Crippen molar-refractivity contribution in [3.05, 3.63) is 41.9 Å². The molecular weight excluding hydrogens is 346 g/mol. The monoisotopic (exact) mass is 371 g/mol. The van der Waals surface area contributed by atoms with Crippen LogP contribution in [0, 0.1) is 6.92 Å². The molecule has 3 rings (SSSR count). The summed E-state index contributed by atoms with van der Waals surface area (Å²) in [7, 11) is 1.62. The molecule has 8 nitrogen and oxygen atoms in total. The summed E-state index contributed by atoms with van der Waals surface area (Å²) in [5, 5.41) is 6.11. The van der Waals surface area contributed by atoms with Crippen LogP contribution in [0.1, 0.15) is 16.3 Å². The van der Waals surface area contributed by atoms with Crippen LogP contribution in [0.15, 0.2) is 30.3 Å². The molecule has 1 aromatic carbocycles. The fourth-order valence-corrected chi connectivity index (χ4v) is 2.84. The van der Waals surface area contributed by atoms with E-state index in [1.54, 1.807) is 20.1 Å². The topological polar surface area (TPSA) is 88.6 Å². The van der Waals surface area contributed by atoms with Gasteiger partial charge in [0.2, 0.25) is 0 Å². The summed E-state index contributed by atoms with van der Waals surface area (Å²) < 4.78 is 10.5. The van der Waals surface area contributed by atoms with Gasteiger partial charge in [-0.3, -0.25) is 9.69 Å². The zero-order valence-electron chi connectivity index (χ0n) is 15.7. The maximum Gasteiger partial charge on any atom is 0.270 e. The summed E-state index contributed by atoms with van der Waals surface area (Å²) in [5.74, 6) is 1.63. The van der Waals surface area contributed by atoms with E-state index in [4.69, 9.17) is 9.47 Å². The molecule has 8 heteroatoms. The van der Waals surface area contributed by atoms with Crippen LogP contribution < -0.4 is 15.4 Å². The first-order valence-electron chi connectivity index (χ1n) is 8.99. The van der Waals surface area contributed by atoms with E-state index in [2.05, 4.69) is 25.5 Å². The molecular formula is C19H25N5O3. The molecule has 0 aliphatic carbocycles. The highest BCUT2D eigenvalue weighted by atomic mass is 16.5. The third-order valence-corrected chi connectivity index (χ3v) is 4.23. The largest absolute Gasteiger partial charge is 0.497 e. The summed E-state index contributed by atoms with van der Waals surface area (Å²) >= 11 is 0. The number of rotatable bonds is 7. The summed E-state index contributed by atoms with van der Waals surface area (Å²) in [6.07, 6.45) is 0. The number of nitrogens with one attached hydrogen (secondary N) is 2. The second-order valence-corrected chi connectivity index (χ2v) is 6.25. The number of amides is 1. The predicted octanol–water partition coefficient (Wildman–Crippen LogP) is 1.60. The zero-order valence-corrected chi connectivity index (χ0v) is 15.7. The molecule has 2 N–H and O–H groups in total. The third kappa shape index (κ3) is 5.63. The molecule has 1 aliphatic heterocycles. The van der Waals surface area contributed by atoms with E-state index in [0.717, 1.165) is 44.3 Å². The van der Waals surface area contributed by atoms with E-state index in [9.17, 15) is 4.79 Å². The van der Waals surface area contributed by atoms with Crippen molar-refractivity contribution in [2.45, 2.75) is 6.92 Å². The quantitative estimate of drug-likeness (QED) is 0.764. The smallest absolute Gasteiger partial charge is 0.270 e. The van der Waals surface area contributed by atoms with Gasteiger partial charge in [0.25, 0.3) is 5.91 Å². The summed E-state index contributed by atoms with van der Waals surface area (Å²) in [6.45, 7) is 6.43. The van der Waals surface area contributed by atoms with E-state index < -0.39 is 0 Å². The predicted molar refractivity (Wildman–Crippen MR) is 103 cm³/mol. The van der Waals surface area contributed by atoms with Crippen LogP contribution in [0.5, 0.6) is 5.75 Å². The number of morpholine rings is 1. The number of aromatic nitrogens is 2. The van der Waals surface area contributed by atoms with E-state index in [1.807, 2.05) is 24.3 Å². The molecule has 1 fully saturated rings. The first-order valence-corrected chi connectivity index (χ1v) is 8.99. The number of benzene rings is 1. The molecule has 0 atom stereocenters. The van der Waals surface area contributed by atoms with E-state index in [1.165, 1.54) is 0 Å². The molecule has 1 aromatic heterocycles. The number of hydrogen-bond donors (Lipinski definition) is 2. The SMILES string of the molecule is COc1cccc(Nc2cc(C(=O)NCCN3CCOCC3)nc(C)n2)c1. The number of carbonyl (C=O) groups is 1. The number of carbonyl (C=O) groups excluding carboxylic acids is 1. The first-order chi connectivity index (χ1) is 13.1. The Morgan fingerprint density at radius 3 is 2.85 bits per heavy atom. The van der Waals surface area contributed by atoms with Crippen LogP contribution in [-0.4, -0.2) is 67.3 Å². The highest BCUT2D eigenvalue weighted by Crippen LogP contribution is 2.20. The molecule has 0 bridgehead atoms. The number of hydrogen-bond acceptors (Lipinski definition) is 7. The Morgan fingerprint density at radius 2 is 2.07 bits per heavy atom. The van der Waals surface area contributed by atoms with Gasteiger partial charge in [0.15, 0.2) is 0 Å². The molecule has 144 valence electrons. The molecule has 1 amide bonds. The van der Waals surface area contributed by atoms with Crippen molar-refractivity contribution in [3.8, 4) is 5.75 Å². The lowest BCUT2D eigenvalue weighted by Crippen LogP contribution is -2.41. The molecule has 2 aromatic rings. The Bertz CT molecular complexity index is 778. The van der Waals surface area contributed by atoms with Crippen molar-refractivity contribution < 1.29 is 14.3 Å². The number of anilines is 2. The zero-order chi connectivity index (χ0) is 19.1. The minimum Gasteiger partial charge on any atom is -0.497 e. The average Bonchev–Trinajstić information content (AvgIpc) is 2.68. The molecule has 0 radical (unpaired) electrons. The van der Waals surface area contributed by atoms with Gasteiger partial charge in [0.1, 0.15) is 23.1 Å². The Labute approximate surface area is 158 Å². The highest BCUT2D eigenvalue weighted by Gasteiger charge is 2.13. The lowest BCUT2D eigenvalue weighted by atomic mass is 10.3. The number of methoxy groups -OCH3 is 1. The van der Waals surface area contributed by atoms with Crippen molar-refractivity contribution >= 4 is 17.4 Å². The van der Waals surface area contributed by atoms with Gasteiger partial charge in [-0.05, 0) is 19.1 Å². The molecule has 1 aliphatic rings. The minimum atomic E-state index is -0.206. The fraction of sp³-hybridized carbons (Fsp3) is 0.421. The first kappa shape index (κ1) is 19.1. The standard InChI is InChI=1S/C19H25N5O3/c1-14-21-17(19(25)20-6-7-24-8-10-27-11-9-24)13-18(22-14)23-15-4-3-5-16(12-15)26-2/h3-5,12-13H,6-11H2,1-2H3,(H,20,25)(H,21,22,23). The normalized spacial score (nSPS) is 14.6. The van der Waals surface area contributed by atoms with Gasteiger partial charge < -0.3 is 20.1 Å². The van der Waals surface area contributed by atoms with Gasteiger partial charge in [0, 0.05) is 44.0 Å². The van der Waals surface area contributed by atoms with Crippen molar-refractivity contribution in [1.82, 2.24) is 20.2 Å². The molecule has 27 heavy (non-hydrogen) atoms. The van der Waals surface area contributed by atoms with Crippen LogP contribution in [0.3, 0.4) is 0 Å².